The summed E-state index contributed by atoms with van der Waals surface area (Å²) < 4.78 is 29.0. The van der Waals surface area contributed by atoms with Crippen molar-refractivity contribution in [1.82, 2.24) is 4.98 Å². The third-order valence-corrected chi connectivity index (χ3v) is 7.62. The van der Waals surface area contributed by atoms with Gasteiger partial charge in [-0.2, -0.15) is 0 Å². The van der Waals surface area contributed by atoms with Crippen molar-refractivity contribution < 1.29 is 22.7 Å². The number of rotatable bonds is 5. The number of fused-ring (bicyclic) bond motifs is 1. The lowest BCUT2D eigenvalue weighted by molar-refractivity contribution is 0.0527. The molecule has 144 valence electrons. The van der Waals surface area contributed by atoms with Gasteiger partial charge in [-0.1, -0.05) is 0 Å². The van der Waals surface area contributed by atoms with E-state index < -0.39 is 21.7 Å². The molecule has 1 aliphatic rings. The summed E-state index contributed by atoms with van der Waals surface area (Å²) in [5, 5.41) is 3.64. The maximum atomic E-state index is 12.7. The van der Waals surface area contributed by atoms with Gasteiger partial charge in [0.25, 0.3) is 5.91 Å². The molecule has 27 heavy (non-hydrogen) atoms. The highest BCUT2D eigenvalue weighted by atomic mass is 32.2. The van der Waals surface area contributed by atoms with Gasteiger partial charge in [0, 0.05) is 11.1 Å². The van der Waals surface area contributed by atoms with Crippen LogP contribution in [0.3, 0.4) is 0 Å². The third kappa shape index (κ3) is 4.17. The van der Waals surface area contributed by atoms with Crippen molar-refractivity contribution >= 4 is 49.8 Å². The Labute approximate surface area is 165 Å². The van der Waals surface area contributed by atoms with Crippen LogP contribution in [0.1, 0.15) is 38.1 Å². The summed E-state index contributed by atoms with van der Waals surface area (Å²) in [6.07, 6.45) is 3.65. The van der Waals surface area contributed by atoms with E-state index in [2.05, 4.69) is 10.3 Å². The zero-order valence-corrected chi connectivity index (χ0v) is 17.2. The summed E-state index contributed by atoms with van der Waals surface area (Å²) in [4.78, 5) is 30.0. The minimum Gasteiger partial charge on any atom is -0.462 e. The van der Waals surface area contributed by atoms with Crippen molar-refractivity contribution in [3.63, 3.8) is 0 Å². The maximum Gasteiger partial charge on any atom is 0.341 e. The largest absolute Gasteiger partial charge is 0.462 e. The fourth-order valence-corrected chi connectivity index (χ4v) is 6.41. The van der Waals surface area contributed by atoms with E-state index in [-0.39, 0.29) is 30.1 Å². The molecule has 0 aliphatic carbocycles. The zero-order chi connectivity index (χ0) is 19.6. The lowest BCUT2D eigenvalue weighted by Crippen LogP contribution is -2.20. The van der Waals surface area contributed by atoms with Crippen LogP contribution in [-0.2, 0) is 26.7 Å². The van der Waals surface area contributed by atoms with E-state index in [1.807, 2.05) is 6.26 Å². The van der Waals surface area contributed by atoms with Crippen LogP contribution in [0.4, 0.5) is 5.00 Å². The van der Waals surface area contributed by atoms with Gasteiger partial charge in [0.2, 0.25) is 0 Å². The first kappa shape index (κ1) is 19.8. The van der Waals surface area contributed by atoms with E-state index in [4.69, 9.17) is 4.74 Å². The van der Waals surface area contributed by atoms with Gasteiger partial charge in [-0.05, 0) is 37.3 Å². The van der Waals surface area contributed by atoms with Gasteiger partial charge in [-0.25, -0.2) is 18.2 Å². The Morgan fingerprint density at radius 1 is 1.41 bits per heavy atom. The number of amides is 1. The fourth-order valence-electron chi connectivity index (χ4n) is 2.83. The Morgan fingerprint density at radius 2 is 2.19 bits per heavy atom. The molecule has 1 amide bonds. The molecule has 0 radical (unpaired) electrons. The summed E-state index contributed by atoms with van der Waals surface area (Å²) in [6, 6.07) is 3.31. The Kier molecular flexibility index (Phi) is 5.87. The summed E-state index contributed by atoms with van der Waals surface area (Å²) in [5.41, 5.74) is 1.30. The second-order valence-electron chi connectivity index (χ2n) is 5.78. The fraction of sp³-hybridized carbons (Fsp3) is 0.353. The summed E-state index contributed by atoms with van der Waals surface area (Å²) >= 11 is 2.46. The van der Waals surface area contributed by atoms with Gasteiger partial charge >= 0.3 is 5.97 Å². The third-order valence-electron chi connectivity index (χ3n) is 4.02. The van der Waals surface area contributed by atoms with E-state index in [9.17, 15) is 18.0 Å². The minimum absolute atomic E-state index is 0.0181. The van der Waals surface area contributed by atoms with E-state index >= 15 is 0 Å². The summed E-state index contributed by atoms with van der Waals surface area (Å²) in [5.74, 6) is -1.10. The number of nitrogens with zero attached hydrogens (tertiary/aromatic N) is 1. The number of nitrogens with one attached hydrogen (secondary N) is 1. The zero-order valence-electron chi connectivity index (χ0n) is 14.8. The normalized spacial score (nSPS) is 15.0. The van der Waals surface area contributed by atoms with Crippen molar-refractivity contribution in [1.29, 1.82) is 0 Å². The van der Waals surface area contributed by atoms with Crippen LogP contribution in [0.5, 0.6) is 0 Å². The van der Waals surface area contributed by atoms with Gasteiger partial charge in [-0.3, -0.25) is 4.79 Å². The molecule has 0 spiro atoms. The quantitative estimate of drug-likeness (QED) is 0.579. The molecule has 3 heterocycles. The van der Waals surface area contributed by atoms with Crippen LogP contribution in [0.2, 0.25) is 0 Å². The number of ether oxygens (including phenoxy) is 1. The van der Waals surface area contributed by atoms with Gasteiger partial charge < -0.3 is 10.1 Å². The van der Waals surface area contributed by atoms with Crippen molar-refractivity contribution in [2.75, 3.05) is 23.9 Å². The molecule has 0 saturated carbocycles. The molecule has 0 unspecified atom stereocenters. The van der Waals surface area contributed by atoms with Crippen LogP contribution in [0.25, 0.3) is 0 Å². The number of esters is 1. The smallest absolute Gasteiger partial charge is 0.341 e. The van der Waals surface area contributed by atoms with Crippen LogP contribution in [0, 0.1) is 0 Å². The number of thiophene rings is 1. The van der Waals surface area contributed by atoms with Gasteiger partial charge in [0.1, 0.15) is 10.0 Å². The predicted octanol–water partition coefficient (Wildman–Crippen LogP) is 2.76. The first-order chi connectivity index (χ1) is 12.9. The van der Waals surface area contributed by atoms with Crippen LogP contribution >= 0.6 is 23.1 Å². The number of carbonyl (C=O) groups excluding carboxylic acids is 2. The Bertz CT molecular complexity index is 998. The number of thioether (sulfide) groups is 1. The van der Waals surface area contributed by atoms with E-state index in [1.165, 1.54) is 11.8 Å². The van der Waals surface area contributed by atoms with Crippen LogP contribution in [-0.4, -0.2) is 43.9 Å². The molecule has 10 heteroatoms. The van der Waals surface area contributed by atoms with Crippen molar-refractivity contribution in [3.8, 4) is 0 Å². The molecule has 2 aromatic rings. The van der Waals surface area contributed by atoms with E-state index in [1.54, 1.807) is 25.3 Å². The SMILES string of the molecule is CCOC(=O)c1c(NC(=O)c2cccnc2SC)sc2c1CCS(=O)(=O)C2. The number of hydrogen-bond donors (Lipinski definition) is 1. The van der Waals surface area contributed by atoms with Crippen LogP contribution in [0.15, 0.2) is 23.4 Å². The van der Waals surface area contributed by atoms with Gasteiger partial charge in [-0.15, -0.1) is 23.1 Å². The standard InChI is InChI=1S/C17H18N2O5S3/c1-3-24-17(21)13-10-6-8-27(22,23)9-12(10)26-16(13)19-14(20)11-5-4-7-18-15(11)25-2/h4-5,7H,3,6,8-9H2,1-2H3,(H,19,20). The monoisotopic (exact) mass is 426 g/mol. The number of carbonyl (C=O) groups is 2. The molecule has 0 atom stereocenters. The van der Waals surface area contributed by atoms with Crippen LogP contribution < -0.4 is 5.32 Å². The molecule has 7 nitrogen and oxygen atoms in total. The lowest BCUT2D eigenvalue weighted by Gasteiger charge is -2.13. The highest BCUT2D eigenvalue weighted by Crippen LogP contribution is 2.38. The molecular formula is C17H18N2O5S3. The van der Waals surface area contributed by atoms with Crippen molar-refractivity contribution in [2.45, 2.75) is 24.1 Å². The van der Waals surface area contributed by atoms with Crippen molar-refractivity contribution in [2.24, 2.45) is 0 Å². The van der Waals surface area contributed by atoms with E-state index in [0.717, 1.165) is 11.3 Å². The maximum absolute atomic E-state index is 12.7. The molecule has 0 fully saturated rings. The first-order valence-corrected chi connectivity index (χ1v) is 12.0. The Balaban J connectivity index is 2.00. The summed E-state index contributed by atoms with van der Waals surface area (Å²) in [7, 11) is -3.20. The lowest BCUT2D eigenvalue weighted by atomic mass is 10.1. The molecular weight excluding hydrogens is 408 g/mol. The minimum atomic E-state index is -3.20. The number of hydrogen-bond acceptors (Lipinski definition) is 8. The Hall–Kier alpha value is -1.91. The van der Waals surface area contributed by atoms with Gasteiger partial charge in [0.15, 0.2) is 9.84 Å². The number of anilines is 1. The average Bonchev–Trinajstić information content (AvgIpc) is 2.97. The second-order valence-corrected chi connectivity index (χ2v) is 9.87. The molecule has 1 aliphatic heterocycles. The van der Waals surface area contributed by atoms with Gasteiger partial charge in [0.05, 0.1) is 29.2 Å². The second kappa shape index (κ2) is 7.99. The molecule has 3 rings (SSSR count). The number of aromatic nitrogens is 1. The highest BCUT2D eigenvalue weighted by molar-refractivity contribution is 7.98. The number of pyridine rings is 1. The predicted molar refractivity (Wildman–Crippen MR) is 105 cm³/mol. The molecule has 1 N–H and O–H groups in total. The summed E-state index contributed by atoms with van der Waals surface area (Å²) in [6.45, 7) is 1.88. The average molecular weight is 427 g/mol. The molecule has 2 aromatic heterocycles. The Morgan fingerprint density at radius 3 is 2.89 bits per heavy atom. The van der Waals surface area contributed by atoms with E-state index in [0.29, 0.717) is 26.0 Å². The van der Waals surface area contributed by atoms with Crippen molar-refractivity contribution in [3.05, 3.63) is 39.9 Å². The molecule has 0 bridgehead atoms. The highest BCUT2D eigenvalue weighted by Gasteiger charge is 2.32. The molecule has 0 saturated heterocycles. The molecule has 0 aromatic carbocycles. The number of sulfone groups is 1. The first-order valence-electron chi connectivity index (χ1n) is 8.18. The topological polar surface area (TPSA) is 102 Å².